The number of unbranched alkanes of at least 4 members (excludes halogenated alkanes) is 4. The van der Waals surface area contributed by atoms with Crippen LogP contribution in [-0.2, 0) is 4.74 Å². The number of ether oxygens (including phenoxy) is 1. The van der Waals surface area contributed by atoms with E-state index in [0.717, 1.165) is 6.42 Å². The molecule has 0 saturated heterocycles. The highest BCUT2D eigenvalue weighted by atomic mass is 16.5. The van der Waals surface area contributed by atoms with Crippen LogP contribution in [0.2, 0.25) is 0 Å². The van der Waals surface area contributed by atoms with Crippen LogP contribution in [0.1, 0.15) is 39.0 Å². The van der Waals surface area contributed by atoms with Crippen molar-refractivity contribution in [3.63, 3.8) is 0 Å². The Morgan fingerprint density at radius 3 is 2.70 bits per heavy atom. The van der Waals surface area contributed by atoms with Gasteiger partial charge < -0.3 is 4.74 Å². The second-order valence-electron chi connectivity index (χ2n) is 2.39. The lowest BCUT2D eigenvalue weighted by molar-refractivity contribution is 0.392. The molecule has 0 aliphatic heterocycles. The third-order valence-corrected chi connectivity index (χ3v) is 1.42. The molecule has 0 spiro atoms. The van der Waals surface area contributed by atoms with Gasteiger partial charge in [0, 0.05) is 0 Å². The molecule has 0 aromatic heterocycles. The zero-order valence-corrected chi connectivity index (χ0v) is 6.81. The van der Waals surface area contributed by atoms with Gasteiger partial charge in [0.25, 0.3) is 0 Å². The van der Waals surface area contributed by atoms with Gasteiger partial charge in [0.2, 0.25) is 0 Å². The topological polar surface area (TPSA) is 9.23 Å². The van der Waals surface area contributed by atoms with Gasteiger partial charge in [-0.15, -0.1) is 0 Å². The molecule has 0 aliphatic carbocycles. The fourth-order valence-corrected chi connectivity index (χ4v) is 0.825. The van der Waals surface area contributed by atoms with Crippen molar-refractivity contribution < 1.29 is 4.74 Å². The zero-order chi connectivity index (χ0) is 7.66. The van der Waals surface area contributed by atoms with Gasteiger partial charge in [-0.25, -0.2) is 0 Å². The Labute approximate surface area is 64.1 Å². The lowest BCUT2D eigenvalue weighted by Gasteiger charge is -1.93. The molecule has 1 nitrogen and oxygen atoms in total. The first-order valence-corrected chi connectivity index (χ1v) is 3.97. The normalized spacial score (nSPS) is 10.6. The lowest BCUT2D eigenvalue weighted by atomic mass is 10.2. The molecular formula is C9H17O. The summed E-state index contributed by atoms with van der Waals surface area (Å²) in [5.74, 6) is 0. The molecule has 0 rings (SSSR count). The fraction of sp³-hybridized carbons (Fsp3) is 0.667. The third-order valence-electron chi connectivity index (χ3n) is 1.42. The predicted molar refractivity (Wildman–Crippen MR) is 44.3 cm³/mol. The van der Waals surface area contributed by atoms with Crippen LogP contribution in [0.5, 0.6) is 0 Å². The van der Waals surface area contributed by atoms with E-state index >= 15 is 0 Å². The van der Waals surface area contributed by atoms with Crippen LogP contribution in [-0.4, -0.2) is 0 Å². The monoisotopic (exact) mass is 141 g/mol. The molecule has 0 unspecified atom stereocenters. The Kier molecular flexibility index (Phi) is 8.15. The SMILES string of the molecule is [CH2]OC=CCCCCCC. The van der Waals surface area contributed by atoms with Gasteiger partial charge in [-0.2, -0.15) is 0 Å². The first kappa shape index (κ1) is 9.54. The van der Waals surface area contributed by atoms with E-state index in [1.54, 1.807) is 6.26 Å². The Bertz CT molecular complexity index is 76.8. The summed E-state index contributed by atoms with van der Waals surface area (Å²) in [4.78, 5) is 0. The summed E-state index contributed by atoms with van der Waals surface area (Å²) < 4.78 is 4.52. The third kappa shape index (κ3) is 7.54. The summed E-state index contributed by atoms with van der Waals surface area (Å²) in [6, 6.07) is 0. The first-order chi connectivity index (χ1) is 4.91. The smallest absolute Gasteiger partial charge is 0.121 e. The molecule has 0 amide bonds. The molecule has 0 aromatic rings. The van der Waals surface area contributed by atoms with Crippen LogP contribution in [0.3, 0.4) is 0 Å². The predicted octanol–water partition coefficient (Wildman–Crippen LogP) is 3.28. The molecule has 0 atom stereocenters. The molecule has 0 aliphatic rings. The van der Waals surface area contributed by atoms with Crippen LogP contribution in [0.4, 0.5) is 0 Å². The molecule has 0 fully saturated rings. The van der Waals surface area contributed by atoms with Gasteiger partial charge >= 0.3 is 0 Å². The van der Waals surface area contributed by atoms with Crippen LogP contribution >= 0.6 is 0 Å². The maximum absolute atomic E-state index is 4.52. The van der Waals surface area contributed by atoms with Crippen molar-refractivity contribution in [3.8, 4) is 0 Å². The average Bonchev–Trinajstić information content (AvgIpc) is 1.97. The first-order valence-electron chi connectivity index (χ1n) is 3.97. The van der Waals surface area contributed by atoms with Crippen molar-refractivity contribution in [1.29, 1.82) is 0 Å². The highest BCUT2D eigenvalue weighted by Crippen LogP contribution is 2.02. The summed E-state index contributed by atoms with van der Waals surface area (Å²) in [5, 5.41) is 0. The summed E-state index contributed by atoms with van der Waals surface area (Å²) in [6.45, 7) is 2.22. The molecule has 0 saturated carbocycles. The van der Waals surface area contributed by atoms with Gasteiger partial charge in [0.1, 0.15) is 7.11 Å². The van der Waals surface area contributed by atoms with Crippen molar-refractivity contribution in [2.24, 2.45) is 0 Å². The Morgan fingerprint density at radius 2 is 2.10 bits per heavy atom. The number of hydrogen-bond donors (Lipinski definition) is 0. The molecular weight excluding hydrogens is 124 g/mol. The van der Waals surface area contributed by atoms with Crippen LogP contribution < -0.4 is 0 Å². The molecule has 1 heteroatoms. The van der Waals surface area contributed by atoms with Gasteiger partial charge in [-0.1, -0.05) is 26.2 Å². The van der Waals surface area contributed by atoms with E-state index < -0.39 is 0 Å². The minimum atomic E-state index is 1.12. The van der Waals surface area contributed by atoms with E-state index in [4.69, 9.17) is 0 Å². The molecule has 0 bridgehead atoms. The summed E-state index contributed by atoms with van der Waals surface area (Å²) in [6.07, 6.45) is 10.0. The van der Waals surface area contributed by atoms with E-state index in [2.05, 4.69) is 18.8 Å². The molecule has 10 heavy (non-hydrogen) atoms. The molecule has 1 radical (unpaired) electrons. The summed E-state index contributed by atoms with van der Waals surface area (Å²) >= 11 is 0. The maximum Gasteiger partial charge on any atom is 0.121 e. The minimum absolute atomic E-state index is 1.12. The number of hydrogen-bond acceptors (Lipinski definition) is 1. The van der Waals surface area contributed by atoms with E-state index in [1.165, 1.54) is 25.7 Å². The molecule has 0 N–H and O–H groups in total. The van der Waals surface area contributed by atoms with Crippen LogP contribution in [0.25, 0.3) is 0 Å². The lowest BCUT2D eigenvalue weighted by Crippen LogP contribution is -1.73. The van der Waals surface area contributed by atoms with E-state index in [0.29, 0.717) is 0 Å². The Morgan fingerprint density at radius 1 is 1.30 bits per heavy atom. The van der Waals surface area contributed by atoms with E-state index in [-0.39, 0.29) is 0 Å². The quantitative estimate of drug-likeness (QED) is 0.407. The zero-order valence-electron chi connectivity index (χ0n) is 6.81. The van der Waals surface area contributed by atoms with Crippen molar-refractivity contribution in [2.45, 2.75) is 39.0 Å². The summed E-state index contributed by atoms with van der Waals surface area (Å²) in [7, 11) is 3.23. The van der Waals surface area contributed by atoms with Gasteiger partial charge in [0.15, 0.2) is 0 Å². The van der Waals surface area contributed by atoms with Gasteiger partial charge in [-0.3, -0.25) is 0 Å². The molecule has 0 heterocycles. The van der Waals surface area contributed by atoms with Gasteiger partial charge in [0.05, 0.1) is 6.26 Å². The highest BCUT2D eigenvalue weighted by molar-refractivity contribution is 4.72. The maximum atomic E-state index is 4.52. The van der Waals surface area contributed by atoms with Crippen LogP contribution in [0.15, 0.2) is 12.3 Å². The largest absolute Gasteiger partial charge is 0.498 e. The number of rotatable bonds is 6. The second-order valence-corrected chi connectivity index (χ2v) is 2.39. The van der Waals surface area contributed by atoms with E-state index in [9.17, 15) is 0 Å². The Balaban J connectivity index is 2.83. The van der Waals surface area contributed by atoms with Gasteiger partial charge in [-0.05, 0) is 18.9 Å². The van der Waals surface area contributed by atoms with Crippen molar-refractivity contribution >= 4 is 0 Å². The van der Waals surface area contributed by atoms with Crippen molar-refractivity contribution in [3.05, 3.63) is 19.4 Å². The molecule has 0 aromatic carbocycles. The average molecular weight is 141 g/mol. The second kappa shape index (κ2) is 8.54. The van der Waals surface area contributed by atoms with Crippen LogP contribution in [0, 0.1) is 7.11 Å². The van der Waals surface area contributed by atoms with Crippen molar-refractivity contribution in [1.82, 2.24) is 0 Å². The number of allylic oxidation sites excluding steroid dienone is 1. The Hall–Kier alpha value is -0.460. The summed E-state index contributed by atoms with van der Waals surface area (Å²) in [5.41, 5.74) is 0. The van der Waals surface area contributed by atoms with Crippen molar-refractivity contribution in [2.75, 3.05) is 0 Å². The fourth-order valence-electron chi connectivity index (χ4n) is 0.825. The van der Waals surface area contributed by atoms with E-state index in [1.807, 2.05) is 6.08 Å². The minimum Gasteiger partial charge on any atom is -0.498 e. The highest BCUT2D eigenvalue weighted by Gasteiger charge is 1.83. The standard InChI is InChI=1S/C9H17O/c1-3-4-5-6-7-8-9-10-2/h8-9H,2-7H2,1H3. The molecule has 59 valence electrons.